The third-order valence-electron chi connectivity index (χ3n) is 10.2. The van der Waals surface area contributed by atoms with Gasteiger partial charge in [-0.1, -0.05) is 182 Å². The van der Waals surface area contributed by atoms with E-state index in [4.69, 9.17) is 0 Å². The highest BCUT2D eigenvalue weighted by molar-refractivity contribution is 6.28. The zero-order chi connectivity index (χ0) is 31.6. The smallest absolute Gasteiger partial charge is 0.000741 e. The molecule has 0 unspecified atom stereocenters. The van der Waals surface area contributed by atoms with Crippen LogP contribution in [0.2, 0.25) is 0 Å². The maximum atomic E-state index is 2.38. The molecule has 1 aliphatic carbocycles. The van der Waals surface area contributed by atoms with Crippen molar-refractivity contribution in [3.05, 3.63) is 182 Å². The highest BCUT2D eigenvalue weighted by Gasteiger charge is 2.31. The molecule has 0 saturated heterocycles. The SMILES string of the molecule is c1ccc(-c2c3c(c(-c4ccccc4)c4ccccc24)-c2ccc(-c4ccc(-c5cccc6ccccc56)cc4)c4cccc-3c24)cc1. The molecule has 0 spiro atoms. The average molecular weight is 607 g/mol. The minimum atomic E-state index is 1.23. The van der Waals surface area contributed by atoms with E-state index in [1.165, 1.54) is 99.1 Å². The summed E-state index contributed by atoms with van der Waals surface area (Å²) in [6.07, 6.45) is 0. The predicted molar refractivity (Wildman–Crippen MR) is 205 cm³/mol. The maximum absolute atomic E-state index is 2.38. The molecule has 0 atom stereocenters. The van der Waals surface area contributed by atoms with Crippen LogP contribution >= 0.6 is 0 Å². The van der Waals surface area contributed by atoms with Gasteiger partial charge in [0.25, 0.3) is 0 Å². The van der Waals surface area contributed by atoms with Crippen molar-refractivity contribution >= 4 is 32.3 Å². The van der Waals surface area contributed by atoms with Crippen molar-refractivity contribution in [3.63, 3.8) is 0 Å². The highest BCUT2D eigenvalue weighted by Crippen LogP contribution is 2.58. The van der Waals surface area contributed by atoms with E-state index in [1.807, 2.05) is 0 Å². The molecule has 1 aliphatic rings. The first-order chi connectivity index (χ1) is 23.8. The van der Waals surface area contributed by atoms with Gasteiger partial charge in [-0.2, -0.15) is 0 Å². The fraction of sp³-hybridized carbons (Fsp3) is 0. The van der Waals surface area contributed by atoms with E-state index in [2.05, 4.69) is 182 Å². The standard InChI is InChI=1S/C48H30/c1-3-14-34(15-4-1)44-40-20-9-10-21-41(40)45(35-16-5-2-6-17-35)48-43-30-29-38(39-23-12-24-42(46(39)43)47(44)48)33-27-25-32(26-28-33)37-22-11-18-31-13-7-8-19-36(31)37/h1-30H. The van der Waals surface area contributed by atoms with Gasteiger partial charge in [0.05, 0.1) is 0 Å². The Kier molecular flexibility index (Phi) is 5.98. The van der Waals surface area contributed by atoms with Gasteiger partial charge in [-0.15, -0.1) is 0 Å². The van der Waals surface area contributed by atoms with E-state index >= 15 is 0 Å². The van der Waals surface area contributed by atoms with Crippen molar-refractivity contribution in [2.75, 3.05) is 0 Å². The van der Waals surface area contributed by atoms with Gasteiger partial charge in [-0.3, -0.25) is 0 Å². The van der Waals surface area contributed by atoms with E-state index in [0.717, 1.165) is 0 Å². The largest absolute Gasteiger partial charge is 0.0622 e. The molecule has 0 nitrogen and oxygen atoms in total. The Labute approximate surface area is 280 Å². The summed E-state index contributed by atoms with van der Waals surface area (Å²) in [5, 5.41) is 7.76. The first-order valence-electron chi connectivity index (χ1n) is 16.7. The number of benzene rings is 9. The first-order valence-corrected chi connectivity index (χ1v) is 16.7. The van der Waals surface area contributed by atoms with Gasteiger partial charge in [0.2, 0.25) is 0 Å². The van der Waals surface area contributed by atoms with Crippen LogP contribution < -0.4 is 0 Å². The second kappa shape index (κ2) is 10.7. The summed E-state index contributed by atoms with van der Waals surface area (Å²) in [6, 6.07) is 66.8. The van der Waals surface area contributed by atoms with Gasteiger partial charge >= 0.3 is 0 Å². The average Bonchev–Trinajstić information content (AvgIpc) is 3.49. The van der Waals surface area contributed by atoms with E-state index in [9.17, 15) is 0 Å². The van der Waals surface area contributed by atoms with Crippen LogP contribution in [-0.2, 0) is 0 Å². The highest BCUT2D eigenvalue weighted by atomic mass is 14.3. The number of hydrogen-bond donors (Lipinski definition) is 0. The van der Waals surface area contributed by atoms with Crippen LogP contribution in [0.15, 0.2) is 182 Å². The van der Waals surface area contributed by atoms with Crippen molar-refractivity contribution in [2.45, 2.75) is 0 Å². The van der Waals surface area contributed by atoms with E-state index in [-0.39, 0.29) is 0 Å². The van der Waals surface area contributed by atoms with Gasteiger partial charge in [0.1, 0.15) is 0 Å². The molecule has 0 bridgehead atoms. The lowest BCUT2D eigenvalue weighted by atomic mass is 9.82. The summed E-state index contributed by atoms with van der Waals surface area (Å²) in [5.41, 5.74) is 15.4. The van der Waals surface area contributed by atoms with Crippen LogP contribution in [0.5, 0.6) is 0 Å². The summed E-state index contributed by atoms with van der Waals surface area (Å²) in [4.78, 5) is 0. The van der Waals surface area contributed by atoms with Crippen LogP contribution in [0.1, 0.15) is 0 Å². The Balaban J connectivity index is 1.23. The fourth-order valence-electron chi connectivity index (χ4n) is 8.17. The molecule has 10 rings (SSSR count). The lowest BCUT2D eigenvalue weighted by molar-refractivity contribution is 1.62. The number of rotatable bonds is 4. The lowest BCUT2D eigenvalue weighted by Gasteiger charge is -2.20. The molecule has 0 amide bonds. The third kappa shape index (κ3) is 3.96. The Morgan fingerprint density at radius 1 is 0.208 bits per heavy atom. The summed E-state index contributed by atoms with van der Waals surface area (Å²) in [5.74, 6) is 0. The molecule has 0 N–H and O–H groups in total. The first kappa shape index (κ1) is 26.9. The van der Waals surface area contributed by atoms with Crippen LogP contribution in [-0.4, -0.2) is 0 Å². The van der Waals surface area contributed by atoms with Crippen molar-refractivity contribution in [1.82, 2.24) is 0 Å². The van der Waals surface area contributed by atoms with E-state index in [0.29, 0.717) is 0 Å². The zero-order valence-corrected chi connectivity index (χ0v) is 26.3. The quantitative estimate of drug-likeness (QED) is 0.187. The molecule has 0 heterocycles. The minimum absolute atomic E-state index is 1.23. The molecule has 0 saturated carbocycles. The molecule has 48 heavy (non-hydrogen) atoms. The third-order valence-corrected chi connectivity index (χ3v) is 10.2. The molecular formula is C48H30. The molecule has 0 radical (unpaired) electrons. The summed E-state index contributed by atoms with van der Waals surface area (Å²) < 4.78 is 0. The molecule has 0 aromatic heterocycles. The normalized spacial score (nSPS) is 11.8. The zero-order valence-electron chi connectivity index (χ0n) is 26.3. The Morgan fingerprint density at radius 2 is 0.625 bits per heavy atom. The summed E-state index contributed by atoms with van der Waals surface area (Å²) in [7, 11) is 0. The van der Waals surface area contributed by atoms with Gasteiger partial charge in [0.15, 0.2) is 0 Å². The van der Waals surface area contributed by atoms with Crippen molar-refractivity contribution < 1.29 is 0 Å². The molecule has 0 aliphatic heterocycles. The topological polar surface area (TPSA) is 0 Å². The monoisotopic (exact) mass is 606 g/mol. The second-order valence-electron chi connectivity index (χ2n) is 12.8. The van der Waals surface area contributed by atoms with Crippen LogP contribution in [0.3, 0.4) is 0 Å². The molecule has 0 heteroatoms. The minimum Gasteiger partial charge on any atom is -0.0622 e. The van der Waals surface area contributed by atoms with Crippen LogP contribution in [0.25, 0.3) is 99.1 Å². The molecule has 9 aromatic carbocycles. The predicted octanol–water partition coefficient (Wildman–Crippen LogP) is 13.5. The molecule has 222 valence electrons. The molecular weight excluding hydrogens is 577 g/mol. The second-order valence-corrected chi connectivity index (χ2v) is 12.8. The van der Waals surface area contributed by atoms with Crippen LogP contribution in [0, 0.1) is 0 Å². The Hall–Kier alpha value is -6.24. The summed E-state index contributed by atoms with van der Waals surface area (Å²) >= 11 is 0. The van der Waals surface area contributed by atoms with Crippen molar-refractivity contribution in [2.24, 2.45) is 0 Å². The van der Waals surface area contributed by atoms with E-state index < -0.39 is 0 Å². The lowest BCUT2D eigenvalue weighted by Crippen LogP contribution is -1.93. The van der Waals surface area contributed by atoms with Gasteiger partial charge in [0, 0.05) is 0 Å². The van der Waals surface area contributed by atoms with Crippen molar-refractivity contribution in [3.8, 4) is 66.8 Å². The molecule has 9 aromatic rings. The number of fused-ring (bicyclic) bond motifs is 5. The maximum Gasteiger partial charge on any atom is -0.000741 e. The van der Waals surface area contributed by atoms with Gasteiger partial charge in [-0.05, 0) is 99.1 Å². The number of hydrogen-bond acceptors (Lipinski definition) is 0. The summed E-state index contributed by atoms with van der Waals surface area (Å²) in [6.45, 7) is 0. The Bertz CT molecular complexity index is 2580. The Morgan fingerprint density at radius 3 is 1.25 bits per heavy atom. The van der Waals surface area contributed by atoms with Crippen LogP contribution in [0.4, 0.5) is 0 Å². The fourth-order valence-corrected chi connectivity index (χ4v) is 8.17. The van der Waals surface area contributed by atoms with Crippen molar-refractivity contribution in [1.29, 1.82) is 0 Å². The van der Waals surface area contributed by atoms with Gasteiger partial charge < -0.3 is 0 Å². The van der Waals surface area contributed by atoms with E-state index in [1.54, 1.807) is 0 Å². The van der Waals surface area contributed by atoms with Gasteiger partial charge in [-0.25, -0.2) is 0 Å². The molecule has 0 fully saturated rings.